The summed E-state index contributed by atoms with van der Waals surface area (Å²) in [5.74, 6) is -0.732. The number of hydrogen-bond acceptors (Lipinski definition) is 4. The topological polar surface area (TPSA) is 84.5 Å². The molecular weight excluding hydrogens is 380 g/mol. The molecule has 3 fully saturated rings. The molecule has 6 nitrogen and oxygen atoms in total. The van der Waals surface area contributed by atoms with Crippen molar-refractivity contribution in [2.24, 2.45) is 23.7 Å². The number of benzene rings is 2. The first kappa shape index (κ1) is 18.9. The third kappa shape index (κ3) is 3.07. The van der Waals surface area contributed by atoms with Crippen LogP contribution in [-0.4, -0.2) is 23.9 Å². The average molecular weight is 404 g/mol. The first-order valence-electron chi connectivity index (χ1n) is 10.4. The van der Waals surface area contributed by atoms with E-state index in [-0.39, 0.29) is 47.6 Å². The Morgan fingerprint density at radius 1 is 0.933 bits per heavy atom. The Hall–Kier alpha value is -3.15. The van der Waals surface area contributed by atoms with Gasteiger partial charge < -0.3 is 15.4 Å². The number of anilines is 2. The van der Waals surface area contributed by atoms with Gasteiger partial charge in [-0.05, 0) is 80.1 Å². The molecule has 0 aromatic heterocycles. The highest BCUT2D eigenvalue weighted by molar-refractivity contribution is 6.05. The Labute approximate surface area is 175 Å². The molecule has 2 aliphatic carbocycles. The van der Waals surface area contributed by atoms with Crippen LogP contribution in [0.5, 0.6) is 0 Å². The number of amides is 2. The molecule has 5 rings (SSSR count). The Morgan fingerprint density at radius 3 is 2.40 bits per heavy atom. The van der Waals surface area contributed by atoms with E-state index in [9.17, 15) is 14.4 Å². The van der Waals surface area contributed by atoms with E-state index in [1.807, 2.05) is 32.0 Å². The number of ether oxygens (including phenoxy) is 1. The Morgan fingerprint density at radius 2 is 1.67 bits per heavy atom. The van der Waals surface area contributed by atoms with Crippen LogP contribution < -0.4 is 10.6 Å². The second kappa shape index (κ2) is 6.97. The van der Waals surface area contributed by atoms with E-state index in [0.717, 1.165) is 24.1 Å². The van der Waals surface area contributed by atoms with Crippen molar-refractivity contribution < 1.29 is 19.1 Å². The highest BCUT2D eigenvalue weighted by Gasteiger charge is 2.63. The SMILES string of the molecule is Cc1ccc(NC(=O)c2ccc(NC(=O)[C@@H]3[C@@H]4C[C@@H]5[C@@H]3C(=O)O[C@@H]5C4)cc2)cc1C. The lowest BCUT2D eigenvalue weighted by Gasteiger charge is -2.23. The summed E-state index contributed by atoms with van der Waals surface area (Å²) in [6.07, 6.45) is 1.71. The number of rotatable bonds is 4. The van der Waals surface area contributed by atoms with Crippen LogP contribution in [-0.2, 0) is 14.3 Å². The van der Waals surface area contributed by atoms with Crippen LogP contribution in [0.1, 0.15) is 34.3 Å². The van der Waals surface area contributed by atoms with Gasteiger partial charge in [-0.3, -0.25) is 14.4 Å². The molecule has 2 saturated carbocycles. The summed E-state index contributed by atoms with van der Waals surface area (Å²) >= 11 is 0. The maximum absolute atomic E-state index is 12.9. The van der Waals surface area contributed by atoms with Gasteiger partial charge in [0.15, 0.2) is 0 Å². The molecule has 154 valence electrons. The molecule has 1 saturated heterocycles. The second-order valence-corrected chi connectivity index (χ2v) is 8.74. The van der Waals surface area contributed by atoms with Gasteiger partial charge in [0.2, 0.25) is 5.91 Å². The molecule has 0 spiro atoms. The molecule has 2 amide bonds. The third-order valence-electron chi connectivity index (χ3n) is 6.97. The molecule has 1 heterocycles. The monoisotopic (exact) mass is 404 g/mol. The summed E-state index contributed by atoms with van der Waals surface area (Å²) < 4.78 is 5.41. The first-order valence-corrected chi connectivity index (χ1v) is 10.4. The summed E-state index contributed by atoms with van der Waals surface area (Å²) in [5.41, 5.74) is 4.16. The predicted molar refractivity (Wildman–Crippen MR) is 112 cm³/mol. The van der Waals surface area contributed by atoms with Crippen LogP contribution in [0.2, 0.25) is 0 Å². The minimum Gasteiger partial charge on any atom is -0.462 e. The molecule has 2 aromatic carbocycles. The molecule has 0 unspecified atom stereocenters. The molecule has 5 atom stereocenters. The first-order chi connectivity index (χ1) is 14.4. The van der Waals surface area contributed by atoms with Gasteiger partial charge in [-0.25, -0.2) is 0 Å². The van der Waals surface area contributed by atoms with Crippen LogP contribution in [0.4, 0.5) is 11.4 Å². The summed E-state index contributed by atoms with van der Waals surface area (Å²) in [5, 5.41) is 5.82. The van der Waals surface area contributed by atoms with E-state index < -0.39 is 0 Å². The lowest BCUT2D eigenvalue weighted by Crippen LogP contribution is -2.35. The van der Waals surface area contributed by atoms with E-state index in [1.165, 1.54) is 5.56 Å². The number of carbonyl (C=O) groups excluding carboxylic acids is 3. The quantitative estimate of drug-likeness (QED) is 0.761. The number of carbonyl (C=O) groups is 3. The second-order valence-electron chi connectivity index (χ2n) is 8.74. The van der Waals surface area contributed by atoms with Crippen molar-refractivity contribution in [1.29, 1.82) is 0 Å². The van der Waals surface area contributed by atoms with Crippen LogP contribution in [0.15, 0.2) is 42.5 Å². The number of nitrogens with one attached hydrogen (secondary N) is 2. The summed E-state index contributed by atoms with van der Waals surface area (Å²) in [4.78, 5) is 37.5. The minimum atomic E-state index is -0.311. The molecule has 3 aliphatic rings. The van der Waals surface area contributed by atoms with Crippen molar-refractivity contribution in [3.8, 4) is 0 Å². The standard InChI is InChI=1S/C24H24N2O4/c1-12-3-6-17(9-13(12)2)26-22(27)14-4-7-16(8-5-14)25-23(28)20-15-10-18-19(11-15)30-24(29)21(18)20/h3-9,15,18-21H,10-11H2,1-2H3,(H,25,28)(H,26,27)/t15-,18+,19-,20-,21+/m1/s1. The van der Waals surface area contributed by atoms with Crippen molar-refractivity contribution in [2.75, 3.05) is 10.6 Å². The van der Waals surface area contributed by atoms with Crippen LogP contribution in [0, 0.1) is 37.5 Å². The van der Waals surface area contributed by atoms with Gasteiger partial charge in [0.05, 0.1) is 11.8 Å². The fourth-order valence-electron chi connectivity index (χ4n) is 5.32. The largest absolute Gasteiger partial charge is 0.462 e. The fraction of sp³-hybridized carbons (Fsp3) is 0.375. The summed E-state index contributed by atoms with van der Waals surface area (Å²) in [7, 11) is 0. The van der Waals surface area contributed by atoms with E-state index in [2.05, 4.69) is 10.6 Å². The van der Waals surface area contributed by atoms with Gasteiger partial charge in [-0.1, -0.05) is 6.07 Å². The normalized spacial score (nSPS) is 28.3. The van der Waals surface area contributed by atoms with E-state index in [0.29, 0.717) is 11.3 Å². The Kier molecular flexibility index (Phi) is 4.38. The van der Waals surface area contributed by atoms with Gasteiger partial charge in [0.25, 0.3) is 5.91 Å². The van der Waals surface area contributed by atoms with Crippen molar-refractivity contribution in [2.45, 2.75) is 32.8 Å². The van der Waals surface area contributed by atoms with Gasteiger partial charge in [-0.15, -0.1) is 0 Å². The van der Waals surface area contributed by atoms with Gasteiger partial charge in [0, 0.05) is 22.9 Å². The Balaban J connectivity index is 1.24. The van der Waals surface area contributed by atoms with Crippen LogP contribution in [0.25, 0.3) is 0 Å². The molecular formula is C24H24N2O4. The average Bonchev–Trinajstić information content (AvgIpc) is 3.34. The zero-order chi connectivity index (χ0) is 21.0. The predicted octanol–water partition coefficient (Wildman–Crippen LogP) is 3.69. The maximum Gasteiger partial charge on any atom is 0.310 e. The molecule has 2 bridgehead atoms. The number of aryl methyl sites for hydroxylation is 2. The summed E-state index contributed by atoms with van der Waals surface area (Å²) in [6.45, 7) is 4.03. The van der Waals surface area contributed by atoms with Crippen molar-refractivity contribution >= 4 is 29.2 Å². The third-order valence-corrected chi connectivity index (χ3v) is 6.97. The van der Waals surface area contributed by atoms with Crippen LogP contribution >= 0.6 is 0 Å². The number of hydrogen-bond donors (Lipinski definition) is 2. The molecule has 0 radical (unpaired) electrons. The van der Waals surface area contributed by atoms with Crippen molar-refractivity contribution in [3.63, 3.8) is 0 Å². The van der Waals surface area contributed by atoms with E-state index >= 15 is 0 Å². The molecule has 1 aliphatic heterocycles. The van der Waals surface area contributed by atoms with Crippen molar-refractivity contribution in [1.82, 2.24) is 0 Å². The number of esters is 1. The highest BCUT2D eigenvalue weighted by atomic mass is 16.6. The maximum atomic E-state index is 12.9. The zero-order valence-corrected chi connectivity index (χ0v) is 17.0. The zero-order valence-electron chi connectivity index (χ0n) is 17.0. The lowest BCUT2D eigenvalue weighted by atomic mass is 9.79. The van der Waals surface area contributed by atoms with Gasteiger partial charge in [-0.2, -0.15) is 0 Å². The molecule has 6 heteroatoms. The highest BCUT2D eigenvalue weighted by Crippen LogP contribution is 2.57. The molecule has 30 heavy (non-hydrogen) atoms. The van der Waals surface area contributed by atoms with Gasteiger partial charge >= 0.3 is 5.97 Å². The Bertz CT molecular complexity index is 1040. The fourth-order valence-corrected chi connectivity index (χ4v) is 5.32. The van der Waals surface area contributed by atoms with E-state index in [1.54, 1.807) is 24.3 Å². The molecule has 2 aromatic rings. The lowest BCUT2D eigenvalue weighted by molar-refractivity contribution is -0.145. The van der Waals surface area contributed by atoms with Crippen LogP contribution in [0.3, 0.4) is 0 Å². The molecule has 2 N–H and O–H groups in total. The van der Waals surface area contributed by atoms with Crippen molar-refractivity contribution in [3.05, 3.63) is 59.2 Å². The summed E-state index contributed by atoms with van der Waals surface area (Å²) in [6, 6.07) is 12.6. The van der Waals surface area contributed by atoms with Gasteiger partial charge in [0.1, 0.15) is 6.10 Å². The minimum absolute atomic E-state index is 0.0201. The smallest absolute Gasteiger partial charge is 0.310 e. The van der Waals surface area contributed by atoms with E-state index in [4.69, 9.17) is 4.74 Å². The number of fused-ring (bicyclic) bond motifs is 1.